The average Bonchev–Trinajstić information content (AvgIpc) is 3.42. The van der Waals surface area contributed by atoms with E-state index in [-0.39, 0.29) is 0 Å². The lowest BCUT2D eigenvalue weighted by molar-refractivity contribution is 1.37. The van der Waals surface area contributed by atoms with E-state index in [4.69, 9.17) is 0 Å². The maximum atomic E-state index is 3.87. The van der Waals surface area contributed by atoms with Gasteiger partial charge in [0.1, 0.15) is 0 Å². The predicted octanol–water partition coefficient (Wildman–Crippen LogP) is 17.1. The summed E-state index contributed by atoms with van der Waals surface area (Å²) in [5, 5.41) is 0. The summed E-state index contributed by atoms with van der Waals surface area (Å²) in [6.07, 6.45) is 0. The topological polar surface area (TPSA) is 0 Å². The van der Waals surface area contributed by atoms with Crippen molar-refractivity contribution < 1.29 is 0 Å². The van der Waals surface area contributed by atoms with Gasteiger partial charge in [-0.25, -0.2) is 0 Å². The van der Waals surface area contributed by atoms with Crippen molar-refractivity contribution in [1.29, 1.82) is 0 Å². The van der Waals surface area contributed by atoms with Gasteiger partial charge in [-0.05, 0) is 192 Å². The van der Waals surface area contributed by atoms with E-state index in [1.165, 1.54) is 0 Å². The summed E-state index contributed by atoms with van der Waals surface area (Å²) in [5.41, 5.74) is 38.3. The zero-order valence-corrected chi connectivity index (χ0v) is 44.5. The minimum absolute atomic E-state index is 0.531. The summed E-state index contributed by atoms with van der Waals surface area (Å²) < 4.78 is 0. The second kappa shape index (κ2) is 23.7. The molecular formula is C76H56. The Bertz CT molecular complexity index is 3450. The first kappa shape index (κ1) is 51.0. The van der Waals surface area contributed by atoms with Crippen LogP contribution >= 0.6 is 0 Å². The van der Waals surface area contributed by atoms with Gasteiger partial charge in [0, 0.05) is 22.3 Å². The van der Waals surface area contributed by atoms with Crippen molar-refractivity contribution >= 4 is 22.3 Å². The van der Waals surface area contributed by atoms with E-state index < -0.39 is 0 Å². The van der Waals surface area contributed by atoms with Crippen LogP contribution in [0.25, 0.3) is 22.3 Å². The Morgan fingerprint density at radius 2 is 0.342 bits per heavy atom. The van der Waals surface area contributed by atoms with Crippen LogP contribution in [-0.4, -0.2) is 0 Å². The van der Waals surface area contributed by atoms with Gasteiger partial charge in [0.25, 0.3) is 0 Å². The minimum Gasteiger partial charge on any atom is -0.0925 e. The number of hydrogen-bond donors (Lipinski definition) is 0. The fourth-order valence-electron chi connectivity index (χ4n) is 9.45. The number of aryl methyl sites for hydroxylation is 8. The molecule has 0 radical (unpaired) electrons. The first-order chi connectivity index (χ1) is 37.0. The van der Waals surface area contributed by atoms with Crippen molar-refractivity contribution in [3.63, 3.8) is 0 Å². The molecule has 0 saturated heterocycles. The smallest absolute Gasteiger partial charge is 0.0916 e. The van der Waals surface area contributed by atoms with Gasteiger partial charge in [0.15, 0.2) is 0 Å². The second-order valence-corrected chi connectivity index (χ2v) is 19.0. The van der Waals surface area contributed by atoms with Gasteiger partial charge in [-0.15, -0.1) is 0 Å². The molecule has 0 heterocycles. The Morgan fingerprint density at radius 1 is 0.211 bits per heavy atom. The molecule has 0 spiro atoms. The van der Waals surface area contributed by atoms with Gasteiger partial charge in [-0.1, -0.05) is 217 Å². The molecule has 0 amide bonds. The van der Waals surface area contributed by atoms with Crippen molar-refractivity contribution in [3.05, 3.63) is 328 Å². The molecule has 0 nitrogen and oxygen atoms in total. The lowest BCUT2D eigenvalue weighted by Crippen LogP contribution is -1.96. The van der Waals surface area contributed by atoms with E-state index in [9.17, 15) is 0 Å². The van der Waals surface area contributed by atoms with Crippen LogP contribution in [-0.2, 0) is 0 Å². The van der Waals surface area contributed by atoms with E-state index in [1.54, 1.807) is 0 Å². The van der Waals surface area contributed by atoms with Gasteiger partial charge in [0.2, 0.25) is 0 Å². The molecule has 0 atom stereocenters. The van der Waals surface area contributed by atoms with E-state index in [0.29, 0.717) is 22.3 Å². The van der Waals surface area contributed by atoms with Crippen molar-refractivity contribution in [2.45, 2.75) is 55.4 Å². The summed E-state index contributed by atoms with van der Waals surface area (Å²) in [6, 6.07) is 67.2. The molecule has 360 valence electrons. The maximum Gasteiger partial charge on any atom is 0.0916 e. The summed E-state index contributed by atoms with van der Waals surface area (Å²) in [7, 11) is 0. The van der Waals surface area contributed by atoms with Crippen LogP contribution < -0.4 is 0 Å². The summed E-state index contributed by atoms with van der Waals surface area (Å²) in [5.74, 6) is 27.4. The van der Waals surface area contributed by atoms with Crippen LogP contribution in [0.4, 0.5) is 0 Å². The fourth-order valence-corrected chi connectivity index (χ4v) is 9.45. The second-order valence-electron chi connectivity index (χ2n) is 19.0. The summed E-state index contributed by atoms with van der Waals surface area (Å²) in [6.45, 7) is 17.0. The Balaban J connectivity index is 1.50. The molecule has 0 N–H and O–H groups in total. The molecule has 8 aromatic carbocycles. The molecule has 8 aromatic rings. The standard InChI is InChI=1S/C76H56/c1-53-29-9-21-41-65(53)73(66-42-22-10-30-54(66)2)49-61-37-17-18-39-63(51-75(69-45-25-13-33-57(69)5)70-46-26-14-34-58(70)6)64(52-76(71-47-27-15-35-59(71)7)72-48-28-16-36-60(72)8)40-20-19-38-62(61)50-74(67-43-23-11-31-55(67)3)68-44-24-12-32-56(68)4/h9-16,21-36,41-48H,1-8H3. The number of rotatable bonds is 8. The van der Waals surface area contributed by atoms with E-state index >= 15 is 0 Å². The minimum atomic E-state index is 0.531. The Morgan fingerprint density at radius 3 is 0.474 bits per heavy atom. The van der Waals surface area contributed by atoms with E-state index in [2.05, 4.69) is 320 Å². The average molecular weight is 969 g/mol. The summed E-state index contributed by atoms with van der Waals surface area (Å²) in [4.78, 5) is 0. The van der Waals surface area contributed by atoms with Crippen LogP contribution in [0.5, 0.6) is 0 Å². The normalized spacial score (nSPS) is 11.4. The zero-order chi connectivity index (χ0) is 53.0. The predicted molar refractivity (Wildman–Crippen MR) is 319 cm³/mol. The molecule has 0 unspecified atom stereocenters. The molecule has 76 heavy (non-hydrogen) atoms. The highest BCUT2D eigenvalue weighted by molar-refractivity contribution is 5.88. The van der Waals surface area contributed by atoms with Crippen LogP contribution in [0.1, 0.15) is 89.0 Å². The zero-order valence-electron chi connectivity index (χ0n) is 44.5. The Labute approximate surface area is 451 Å². The highest BCUT2D eigenvalue weighted by Gasteiger charge is 2.17. The largest absolute Gasteiger partial charge is 0.0925 e. The monoisotopic (exact) mass is 968 g/mol. The molecule has 0 saturated carbocycles. The highest BCUT2D eigenvalue weighted by atomic mass is 14.2. The first-order valence-electron chi connectivity index (χ1n) is 25.6. The molecule has 9 rings (SSSR count). The van der Waals surface area contributed by atoms with Crippen molar-refractivity contribution in [3.8, 4) is 47.4 Å². The molecule has 0 bridgehead atoms. The summed E-state index contributed by atoms with van der Waals surface area (Å²) >= 11 is 0. The van der Waals surface area contributed by atoms with Gasteiger partial charge >= 0.3 is 0 Å². The van der Waals surface area contributed by atoms with Crippen molar-refractivity contribution in [2.24, 2.45) is 0 Å². The van der Waals surface area contributed by atoms with Crippen LogP contribution in [0, 0.1) is 103 Å². The quantitative estimate of drug-likeness (QED) is 0.105. The molecular weight excluding hydrogens is 913 g/mol. The third-order valence-electron chi connectivity index (χ3n) is 13.7. The van der Waals surface area contributed by atoms with Crippen molar-refractivity contribution in [2.75, 3.05) is 0 Å². The Hall–Kier alpha value is -9.92. The van der Waals surface area contributed by atoms with Gasteiger partial charge in [-0.3, -0.25) is 0 Å². The third-order valence-corrected chi connectivity index (χ3v) is 13.7. The maximum absolute atomic E-state index is 3.87. The molecule has 0 fully saturated rings. The lowest BCUT2D eigenvalue weighted by atomic mass is 9.89. The molecule has 0 heteroatoms. The van der Waals surface area contributed by atoms with Crippen molar-refractivity contribution in [1.82, 2.24) is 0 Å². The fraction of sp³-hybridized carbons (Fsp3) is 0.105. The lowest BCUT2D eigenvalue weighted by Gasteiger charge is -2.13. The van der Waals surface area contributed by atoms with E-state index in [0.717, 1.165) is 111 Å². The Kier molecular flexibility index (Phi) is 15.9. The first-order valence-corrected chi connectivity index (χ1v) is 25.6. The van der Waals surface area contributed by atoms with Gasteiger partial charge in [-0.2, -0.15) is 0 Å². The highest BCUT2D eigenvalue weighted by Crippen LogP contribution is 2.34. The number of benzene rings is 8. The third kappa shape index (κ3) is 11.6. The van der Waals surface area contributed by atoms with Crippen LogP contribution in [0.3, 0.4) is 0 Å². The molecule has 1 aliphatic rings. The number of hydrogen-bond acceptors (Lipinski definition) is 0. The number of allylic oxidation sites excluding steroid dienone is 4. The molecule has 0 aliphatic heterocycles. The van der Waals surface area contributed by atoms with Crippen LogP contribution in [0.2, 0.25) is 0 Å². The van der Waals surface area contributed by atoms with Gasteiger partial charge in [0.05, 0.1) is 22.3 Å². The van der Waals surface area contributed by atoms with Crippen LogP contribution in [0.15, 0.2) is 239 Å². The SMILES string of the molecule is Cc1ccccc1C(=C=C1C#CC#CC(=C=C(c2ccccc2C)c2ccccc2C)C(=C=C(c2ccccc2C)c2ccccc2C)C#CC#CC1=C=C(c1ccccc1C)c1ccccc1C)c1ccccc1C. The molecule has 1 aliphatic carbocycles. The van der Waals surface area contributed by atoms with Gasteiger partial charge < -0.3 is 0 Å². The van der Waals surface area contributed by atoms with E-state index in [1.807, 2.05) is 0 Å². The molecule has 0 aromatic heterocycles.